The third-order valence-corrected chi connectivity index (χ3v) is 4.24. The molecule has 4 nitrogen and oxygen atoms in total. The van der Waals surface area contributed by atoms with Gasteiger partial charge in [0.1, 0.15) is 5.82 Å². The van der Waals surface area contributed by atoms with E-state index in [4.69, 9.17) is 4.74 Å². The number of rotatable bonds is 5. The lowest BCUT2D eigenvalue weighted by molar-refractivity contribution is 0.117. The number of hydrogen-bond acceptors (Lipinski definition) is 2. The summed E-state index contributed by atoms with van der Waals surface area (Å²) in [5, 5.41) is 6.66. The Hall–Kier alpha value is -0.890. The Morgan fingerprint density at radius 3 is 2.91 bits per heavy atom. The average Bonchev–Trinajstić information content (AvgIpc) is 3.07. The number of guanidine groups is 1. The molecule has 2 fully saturated rings. The predicted octanol–water partition coefficient (Wildman–Crippen LogP) is 3.03. The highest BCUT2D eigenvalue weighted by Crippen LogP contribution is 2.41. The van der Waals surface area contributed by atoms with Crippen molar-refractivity contribution in [2.45, 2.75) is 44.2 Å². The standard InChI is InChI=1S/C17H24FN3O.HI/c1-2-19-17(20-11-12-6-5-9-22-12)21-16-10-14(16)13-7-3-4-8-15(13)18;/h3-4,7-8,12,14,16H,2,5-6,9-11H2,1H3,(H2,19,20,21);1H. The molecule has 1 heterocycles. The zero-order valence-corrected chi connectivity index (χ0v) is 15.8. The Labute approximate surface area is 154 Å². The summed E-state index contributed by atoms with van der Waals surface area (Å²) in [7, 11) is 0. The molecule has 1 aliphatic heterocycles. The van der Waals surface area contributed by atoms with Crippen LogP contribution in [-0.4, -0.2) is 37.8 Å². The van der Waals surface area contributed by atoms with E-state index in [1.165, 1.54) is 6.07 Å². The largest absolute Gasteiger partial charge is 0.376 e. The Morgan fingerprint density at radius 1 is 1.39 bits per heavy atom. The van der Waals surface area contributed by atoms with Gasteiger partial charge in [-0.05, 0) is 37.8 Å². The second-order valence-electron chi connectivity index (χ2n) is 5.97. The SMILES string of the molecule is CCNC(=NCC1CCCO1)NC1CC1c1ccccc1F.I. The maximum Gasteiger partial charge on any atom is 0.191 e. The number of ether oxygens (including phenoxy) is 1. The van der Waals surface area contributed by atoms with Crippen LogP contribution < -0.4 is 10.6 Å². The molecule has 23 heavy (non-hydrogen) atoms. The summed E-state index contributed by atoms with van der Waals surface area (Å²) in [6.45, 7) is 4.40. The van der Waals surface area contributed by atoms with E-state index in [0.717, 1.165) is 43.9 Å². The van der Waals surface area contributed by atoms with Gasteiger partial charge in [-0.1, -0.05) is 18.2 Å². The van der Waals surface area contributed by atoms with Gasteiger partial charge >= 0.3 is 0 Å². The van der Waals surface area contributed by atoms with Crippen molar-refractivity contribution < 1.29 is 9.13 Å². The van der Waals surface area contributed by atoms with Gasteiger partial charge in [0.05, 0.1) is 12.6 Å². The van der Waals surface area contributed by atoms with Crippen molar-refractivity contribution in [3.63, 3.8) is 0 Å². The van der Waals surface area contributed by atoms with E-state index in [9.17, 15) is 4.39 Å². The lowest BCUT2D eigenvalue weighted by Gasteiger charge is -2.13. The number of aliphatic imine (C=N–C) groups is 1. The molecule has 3 rings (SSSR count). The van der Waals surface area contributed by atoms with Crippen LogP contribution in [0.25, 0.3) is 0 Å². The maximum atomic E-state index is 13.8. The molecule has 3 unspecified atom stereocenters. The fraction of sp³-hybridized carbons (Fsp3) is 0.588. The van der Waals surface area contributed by atoms with E-state index < -0.39 is 0 Å². The van der Waals surface area contributed by atoms with E-state index in [0.29, 0.717) is 6.54 Å². The van der Waals surface area contributed by atoms with E-state index in [1.54, 1.807) is 6.07 Å². The fourth-order valence-corrected chi connectivity index (χ4v) is 2.95. The summed E-state index contributed by atoms with van der Waals surface area (Å²) in [4.78, 5) is 4.60. The molecule has 0 amide bonds. The average molecular weight is 433 g/mol. The summed E-state index contributed by atoms with van der Waals surface area (Å²) in [5.41, 5.74) is 0.801. The highest BCUT2D eigenvalue weighted by molar-refractivity contribution is 14.0. The first-order chi connectivity index (χ1) is 10.8. The number of benzene rings is 1. The molecule has 1 aromatic rings. The van der Waals surface area contributed by atoms with Crippen LogP contribution in [0.2, 0.25) is 0 Å². The minimum Gasteiger partial charge on any atom is -0.376 e. The fourth-order valence-electron chi connectivity index (χ4n) is 2.95. The molecule has 0 spiro atoms. The number of hydrogen-bond donors (Lipinski definition) is 2. The molecule has 0 radical (unpaired) electrons. The Kier molecular flexibility index (Phi) is 7.08. The predicted molar refractivity (Wildman–Crippen MR) is 101 cm³/mol. The number of nitrogens with zero attached hydrogens (tertiary/aromatic N) is 1. The van der Waals surface area contributed by atoms with Crippen molar-refractivity contribution >= 4 is 29.9 Å². The first-order valence-corrected chi connectivity index (χ1v) is 8.18. The molecule has 2 N–H and O–H groups in total. The van der Waals surface area contributed by atoms with Crippen LogP contribution in [0.15, 0.2) is 29.3 Å². The van der Waals surface area contributed by atoms with Gasteiger partial charge in [0.15, 0.2) is 5.96 Å². The van der Waals surface area contributed by atoms with E-state index in [2.05, 4.69) is 15.6 Å². The zero-order valence-electron chi connectivity index (χ0n) is 13.4. The van der Waals surface area contributed by atoms with Crippen LogP contribution >= 0.6 is 24.0 Å². The van der Waals surface area contributed by atoms with Crippen LogP contribution in [0.3, 0.4) is 0 Å². The van der Waals surface area contributed by atoms with Crippen LogP contribution in [0.1, 0.15) is 37.7 Å². The van der Waals surface area contributed by atoms with Gasteiger partial charge in [-0.25, -0.2) is 4.39 Å². The highest BCUT2D eigenvalue weighted by atomic mass is 127. The second-order valence-corrected chi connectivity index (χ2v) is 5.97. The van der Waals surface area contributed by atoms with Crippen molar-refractivity contribution in [3.8, 4) is 0 Å². The van der Waals surface area contributed by atoms with Crippen LogP contribution in [0, 0.1) is 5.82 Å². The molecule has 128 valence electrons. The molecule has 6 heteroatoms. The van der Waals surface area contributed by atoms with Crippen LogP contribution in [0.4, 0.5) is 4.39 Å². The molecule has 1 saturated heterocycles. The molecular formula is C17H25FIN3O. The van der Waals surface area contributed by atoms with Crippen LogP contribution in [-0.2, 0) is 4.74 Å². The van der Waals surface area contributed by atoms with Crippen molar-refractivity contribution in [2.75, 3.05) is 19.7 Å². The lowest BCUT2D eigenvalue weighted by atomic mass is 10.1. The molecular weight excluding hydrogens is 408 g/mol. The van der Waals surface area contributed by atoms with Gasteiger partial charge in [0.2, 0.25) is 0 Å². The third kappa shape index (κ3) is 5.04. The van der Waals surface area contributed by atoms with Crippen LogP contribution in [0.5, 0.6) is 0 Å². The molecule has 3 atom stereocenters. The first-order valence-electron chi connectivity index (χ1n) is 8.18. The zero-order chi connectivity index (χ0) is 15.4. The smallest absolute Gasteiger partial charge is 0.191 e. The monoisotopic (exact) mass is 433 g/mol. The van der Waals surface area contributed by atoms with E-state index >= 15 is 0 Å². The second kappa shape index (κ2) is 8.82. The van der Waals surface area contributed by atoms with Crippen molar-refractivity contribution in [2.24, 2.45) is 4.99 Å². The molecule has 2 aliphatic rings. The van der Waals surface area contributed by atoms with E-state index in [-0.39, 0.29) is 47.9 Å². The minimum atomic E-state index is -0.113. The van der Waals surface area contributed by atoms with Gasteiger partial charge in [-0.3, -0.25) is 4.99 Å². The van der Waals surface area contributed by atoms with Gasteiger partial charge in [0, 0.05) is 25.1 Å². The number of nitrogens with one attached hydrogen (secondary N) is 2. The third-order valence-electron chi connectivity index (χ3n) is 4.24. The van der Waals surface area contributed by atoms with Gasteiger partial charge in [-0.2, -0.15) is 0 Å². The van der Waals surface area contributed by atoms with Crippen molar-refractivity contribution in [1.82, 2.24) is 10.6 Å². The Balaban J connectivity index is 0.00000192. The number of halogens is 2. The quantitative estimate of drug-likeness (QED) is 0.427. The molecule has 1 aliphatic carbocycles. The van der Waals surface area contributed by atoms with Gasteiger partial charge in [-0.15, -0.1) is 24.0 Å². The summed E-state index contributed by atoms with van der Waals surface area (Å²) >= 11 is 0. The molecule has 0 aromatic heterocycles. The normalized spacial score (nSPS) is 26.5. The van der Waals surface area contributed by atoms with Crippen molar-refractivity contribution in [1.29, 1.82) is 0 Å². The molecule has 0 bridgehead atoms. The van der Waals surface area contributed by atoms with Gasteiger partial charge in [0.25, 0.3) is 0 Å². The lowest BCUT2D eigenvalue weighted by Crippen LogP contribution is -2.39. The summed E-state index contributed by atoms with van der Waals surface area (Å²) in [5.74, 6) is 0.938. The highest BCUT2D eigenvalue weighted by Gasteiger charge is 2.40. The van der Waals surface area contributed by atoms with Gasteiger partial charge < -0.3 is 15.4 Å². The Morgan fingerprint density at radius 2 is 2.22 bits per heavy atom. The first kappa shape index (κ1) is 18.4. The summed E-state index contributed by atoms with van der Waals surface area (Å²) in [6, 6.07) is 7.29. The molecule has 1 saturated carbocycles. The molecule has 1 aromatic carbocycles. The topological polar surface area (TPSA) is 45.7 Å². The van der Waals surface area contributed by atoms with Crippen molar-refractivity contribution in [3.05, 3.63) is 35.6 Å². The Bertz CT molecular complexity index is 534. The maximum absolute atomic E-state index is 13.8. The summed E-state index contributed by atoms with van der Waals surface area (Å²) in [6.07, 6.45) is 3.41. The summed E-state index contributed by atoms with van der Waals surface area (Å²) < 4.78 is 19.4. The minimum absolute atomic E-state index is 0. The van der Waals surface area contributed by atoms with E-state index in [1.807, 2.05) is 19.1 Å².